The van der Waals surface area contributed by atoms with Crippen molar-refractivity contribution in [1.29, 1.82) is 0 Å². The van der Waals surface area contributed by atoms with Gasteiger partial charge in [-0.1, -0.05) is 12.1 Å². The van der Waals surface area contributed by atoms with Crippen LogP contribution in [0.4, 0.5) is 9.18 Å². The lowest BCUT2D eigenvalue weighted by molar-refractivity contribution is 0.186. The molecule has 1 aromatic carbocycles. The van der Waals surface area contributed by atoms with Gasteiger partial charge in [0.05, 0.1) is 11.8 Å². The van der Waals surface area contributed by atoms with Crippen LogP contribution in [-0.4, -0.2) is 56.6 Å². The first-order valence-corrected chi connectivity index (χ1v) is 9.35. The number of para-hydroxylation sites is 1. The number of nitrogens with zero attached hydrogens (tertiary/aromatic N) is 1. The average Bonchev–Trinajstić information content (AvgIpc) is 2.97. The van der Waals surface area contributed by atoms with Crippen LogP contribution >= 0.6 is 0 Å². The third kappa shape index (κ3) is 4.82. The number of hydrogen-bond donors (Lipinski definition) is 1. The van der Waals surface area contributed by atoms with Crippen molar-refractivity contribution in [2.24, 2.45) is 0 Å². The summed E-state index contributed by atoms with van der Waals surface area (Å²) < 4.78 is 41.9. The monoisotopic (exact) mass is 344 g/mol. The fourth-order valence-corrected chi connectivity index (χ4v) is 3.39. The smallest absolute Gasteiger partial charge is 0.317 e. The predicted octanol–water partition coefficient (Wildman–Crippen LogP) is 1.42. The van der Waals surface area contributed by atoms with Crippen molar-refractivity contribution >= 4 is 15.9 Å². The van der Waals surface area contributed by atoms with Crippen LogP contribution in [-0.2, 0) is 9.84 Å². The summed E-state index contributed by atoms with van der Waals surface area (Å²) in [6.45, 7) is 2.53. The number of halogens is 1. The van der Waals surface area contributed by atoms with Crippen LogP contribution in [0.1, 0.15) is 13.3 Å². The molecular formula is C15H21FN2O4S. The minimum Gasteiger partial charge on any atom is -0.486 e. The second-order valence-electron chi connectivity index (χ2n) is 5.73. The number of benzene rings is 1. The van der Waals surface area contributed by atoms with E-state index in [9.17, 15) is 17.6 Å². The zero-order chi connectivity index (χ0) is 17.0. The Kier molecular flexibility index (Phi) is 5.46. The fraction of sp³-hybridized carbons (Fsp3) is 0.533. The molecule has 0 bridgehead atoms. The summed E-state index contributed by atoms with van der Waals surface area (Å²) in [5, 5.41) is 2.18. The molecule has 1 aliphatic heterocycles. The number of amides is 2. The topological polar surface area (TPSA) is 75.7 Å². The SMILES string of the molecule is C[C@@H](CNC(=O)N1CC[C@@H](S(C)(=O)=O)C1)Oc1ccccc1F. The van der Waals surface area contributed by atoms with Crippen LogP contribution in [0.5, 0.6) is 5.75 Å². The fourth-order valence-electron chi connectivity index (χ4n) is 2.40. The van der Waals surface area contributed by atoms with Gasteiger partial charge in [-0.25, -0.2) is 17.6 Å². The summed E-state index contributed by atoms with van der Waals surface area (Å²) in [7, 11) is -3.13. The number of likely N-dealkylation sites (tertiary alicyclic amines) is 1. The number of ether oxygens (including phenoxy) is 1. The Balaban J connectivity index is 1.80. The quantitative estimate of drug-likeness (QED) is 0.877. The number of sulfone groups is 1. The maximum absolute atomic E-state index is 13.5. The molecule has 128 valence electrons. The van der Waals surface area contributed by atoms with E-state index in [1.807, 2.05) is 0 Å². The lowest BCUT2D eigenvalue weighted by atomic mass is 10.3. The first-order valence-electron chi connectivity index (χ1n) is 7.40. The molecule has 0 unspecified atom stereocenters. The highest BCUT2D eigenvalue weighted by atomic mass is 32.2. The molecule has 6 nitrogen and oxygen atoms in total. The van der Waals surface area contributed by atoms with E-state index < -0.39 is 27.0 Å². The van der Waals surface area contributed by atoms with Crippen molar-refractivity contribution in [2.75, 3.05) is 25.9 Å². The number of hydrogen-bond acceptors (Lipinski definition) is 4. The van der Waals surface area contributed by atoms with Gasteiger partial charge in [-0.3, -0.25) is 0 Å². The second kappa shape index (κ2) is 7.16. The molecule has 0 aliphatic carbocycles. The van der Waals surface area contributed by atoms with Crippen molar-refractivity contribution in [1.82, 2.24) is 10.2 Å². The summed E-state index contributed by atoms with van der Waals surface area (Å²) in [6.07, 6.45) is 1.22. The molecule has 2 amide bonds. The van der Waals surface area contributed by atoms with Gasteiger partial charge in [0, 0.05) is 19.3 Å². The van der Waals surface area contributed by atoms with E-state index in [-0.39, 0.29) is 24.9 Å². The van der Waals surface area contributed by atoms with Crippen molar-refractivity contribution in [2.45, 2.75) is 24.7 Å². The molecule has 1 N–H and O–H groups in total. The lowest BCUT2D eigenvalue weighted by Crippen LogP contribution is -2.43. The molecule has 0 radical (unpaired) electrons. The molecule has 2 rings (SSSR count). The summed E-state index contributed by atoms with van der Waals surface area (Å²) in [6, 6.07) is 5.72. The highest BCUT2D eigenvalue weighted by Crippen LogP contribution is 2.17. The molecule has 1 saturated heterocycles. The van der Waals surface area contributed by atoms with E-state index in [0.29, 0.717) is 13.0 Å². The molecule has 23 heavy (non-hydrogen) atoms. The van der Waals surface area contributed by atoms with Gasteiger partial charge in [0.15, 0.2) is 21.4 Å². The molecule has 1 aromatic rings. The van der Waals surface area contributed by atoms with Gasteiger partial charge in [0.25, 0.3) is 0 Å². The van der Waals surface area contributed by atoms with E-state index in [4.69, 9.17) is 4.74 Å². The lowest BCUT2D eigenvalue weighted by Gasteiger charge is -2.20. The van der Waals surface area contributed by atoms with Gasteiger partial charge >= 0.3 is 6.03 Å². The van der Waals surface area contributed by atoms with Crippen molar-refractivity contribution in [3.63, 3.8) is 0 Å². The van der Waals surface area contributed by atoms with Crippen molar-refractivity contribution in [3.8, 4) is 5.75 Å². The maximum Gasteiger partial charge on any atom is 0.317 e. The number of rotatable bonds is 5. The summed E-state index contributed by atoms with van der Waals surface area (Å²) >= 11 is 0. The zero-order valence-electron chi connectivity index (χ0n) is 13.2. The Morgan fingerprint density at radius 1 is 1.48 bits per heavy atom. The van der Waals surface area contributed by atoms with Gasteiger partial charge < -0.3 is 15.0 Å². The molecule has 1 fully saturated rings. The zero-order valence-corrected chi connectivity index (χ0v) is 14.0. The summed E-state index contributed by atoms with van der Waals surface area (Å²) in [5.41, 5.74) is 0. The van der Waals surface area contributed by atoms with E-state index in [1.54, 1.807) is 19.1 Å². The molecular weight excluding hydrogens is 323 g/mol. The number of nitrogens with one attached hydrogen (secondary N) is 1. The molecule has 0 aromatic heterocycles. The minimum atomic E-state index is -3.13. The van der Waals surface area contributed by atoms with E-state index >= 15 is 0 Å². The van der Waals surface area contributed by atoms with Crippen molar-refractivity contribution in [3.05, 3.63) is 30.1 Å². The Morgan fingerprint density at radius 2 is 2.17 bits per heavy atom. The molecule has 0 saturated carbocycles. The van der Waals surface area contributed by atoms with Gasteiger partial charge in [-0.15, -0.1) is 0 Å². The number of carbonyl (C=O) groups is 1. The molecule has 8 heteroatoms. The van der Waals surface area contributed by atoms with Crippen LogP contribution < -0.4 is 10.1 Å². The summed E-state index contributed by atoms with van der Waals surface area (Å²) in [4.78, 5) is 13.5. The van der Waals surface area contributed by atoms with Gasteiger partial charge in [-0.2, -0.15) is 0 Å². The van der Waals surface area contributed by atoms with Gasteiger partial charge in [-0.05, 0) is 25.5 Å². The Hall–Kier alpha value is -1.83. The Labute approximate surface area is 135 Å². The first kappa shape index (κ1) is 17.5. The Bertz CT molecular complexity index is 665. The van der Waals surface area contributed by atoms with Gasteiger partial charge in [0.2, 0.25) is 0 Å². The molecule has 1 aliphatic rings. The van der Waals surface area contributed by atoms with Crippen LogP contribution in [0.3, 0.4) is 0 Å². The van der Waals surface area contributed by atoms with E-state index in [2.05, 4.69) is 5.32 Å². The highest BCUT2D eigenvalue weighted by Gasteiger charge is 2.32. The second-order valence-corrected chi connectivity index (χ2v) is 8.06. The standard InChI is InChI=1S/C15H21FN2O4S/c1-11(22-14-6-4-3-5-13(14)16)9-17-15(19)18-8-7-12(10-18)23(2,20)21/h3-6,11-12H,7-10H2,1-2H3,(H,17,19)/t11-,12+/m0/s1. The molecule has 0 spiro atoms. The third-order valence-corrected chi connectivity index (χ3v) is 5.34. The summed E-state index contributed by atoms with van der Waals surface area (Å²) in [5.74, 6) is -0.325. The Morgan fingerprint density at radius 3 is 2.78 bits per heavy atom. The highest BCUT2D eigenvalue weighted by molar-refractivity contribution is 7.91. The van der Waals surface area contributed by atoms with Crippen LogP contribution in [0, 0.1) is 5.82 Å². The number of urea groups is 1. The van der Waals surface area contributed by atoms with E-state index in [1.165, 1.54) is 23.3 Å². The van der Waals surface area contributed by atoms with Crippen LogP contribution in [0.2, 0.25) is 0 Å². The first-order chi connectivity index (χ1) is 10.8. The van der Waals surface area contributed by atoms with Crippen LogP contribution in [0.15, 0.2) is 24.3 Å². The number of carbonyl (C=O) groups excluding carboxylic acids is 1. The average molecular weight is 344 g/mol. The largest absolute Gasteiger partial charge is 0.486 e. The van der Waals surface area contributed by atoms with Gasteiger partial charge in [0.1, 0.15) is 6.10 Å². The minimum absolute atomic E-state index is 0.132. The predicted molar refractivity (Wildman–Crippen MR) is 84.7 cm³/mol. The molecule has 2 atom stereocenters. The third-order valence-electron chi connectivity index (χ3n) is 3.74. The maximum atomic E-state index is 13.5. The van der Waals surface area contributed by atoms with Crippen molar-refractivity contribution < 1.29 is 22.3 Å². The van der Waals surface area contributed by atoms with Crippen LogP contribution in [0.25, 0.3) is 0 Å². The molecule has 1 heterocycles. The normalized spacial score (nSPS) is 19.4. The van der Waals surface area contributed by atoms with E-state index in [0.717, 1.165) is 0 Å².